The monoisotopic (exact) mass is 483 g/mol. The second-order valence-corrected chi connectivity index (χ2v) is 8.37. The number of nitrogens with zero attached hydrogens (tertiary/aromatic N) is 3. The molecule has 0 atom stereocenters. The molecular weight excluding hydrogens is 461 g/mol. The fraction of sp³-hybridized carbons (Fsp3) is 0.250. The lowest BCUT2D eigenvalue weighted by Crippen LogP contribution is -2.29. The predicted octanol–water partition coefficient (Wildman–Crippen LogP) is 3.77. The van der Waals surface area contributed by atoms with Crippen LogP contribution in [0.2, 0.25) is 0 Å². The largest absolute Gasteiger partial charge is 0.493 e. The summed E-state index contributed by atoms with van der Waals surface area (Å²) in [6, 6.07) is 6.95. The van der Waals surface area contributed by atoms with Gasteiger partial charge in [0.05, 0.1) is 41.7 Å². The normalized spacial score (nSPS) is 18.2. The molecule has 1 fully saturated rings. The topological polar surface area (TPSA) is 111 Å². The molecule has 4 rings (SSSR count). The molecule has 1 amide bonds. The lowest BCUT2D eigenvalue weighted by Gasteiger charge is -2.19. The van der Waals surface area contributed by atoms with Gasteiger partial charge in [-0.1, -0.05) is 17.7 Å². The average molecular weight is 484 g/mol. The summed E-state index contributed by atoms with van der Waals surface area (Å²) < 4.78 is 19.7. The van der Waals surface area contributed by atoms with Crippen molar-refractivity contribution in [3.8, 4) is 11.6 Å². The van der Waals surface area contributed by atoms with Gasteiger partial charge >= 0.3 is 0 Å². The van der Waals surface area contributed by atoms with Crippen molar-refractivity contribution in [3.63, 3.8) is 0 Å². The van der Waals surface area contributed by atoms with Crippen LogP contribution in [0.5, 0.6) is 11.6 Å². The first-order chi connectivity index (χ1) is 16.2. The minimum absolute atomic E-state index is 0.0771. The Bertz CT molecular complexity index is 1250. The number of likely N-dealkylation sites (tertiary alicyclic amines) is 1. The summed E-state index contributed by atoms with van der Waals surface area (Å²) in [6.07, 6.45) is 1.98. The van der Waals surface area contributed by atoms with Crippen LogP contribution >= 0.6 is 11.6 Å². The van der Waals surface area contributed by atoms with Crippen molar-refractivity contribution in [1.82, 2.24) is 15.2 Å². The van der Waals surface area contributed by atoms with Crippen LogP contribution in [0.1, 0.15) is 29.8 Å². The summed E-state index contributed by atoms with van der Waals surface area (Å²) in [7, 11) is 0. The molecule has 0 saturated carbocycles. The number of aromatic nitrogens is 1. The zero-order valence-electron chi connectivity index (χ0n) is 18.7. The van der Waals surface area contributed by atoms with Crippen molar-refractivity contribution >= 4 is 28.9 Å². The molecule has 3 heterocycles. The van der Waals surface area contributed by atoms with Gasteiger partial charge in [0.15, 0.2) is 0 Å². The second-order valence-electron chi connectivity index (χ2n) is 7.99. The van der Waals surface area contributed by atoms with E-state index in [1.807, 2.05) is 6.92 Å². The Morgan fingerprint density at radius 2 is 2.09 bits per heavy atom. The number of carbonyl (C=O) groups is 1. The van der Waals surface area contributed by atoms with Crippen molar-refractivity contribution < 1.29 is 19.0 Å². The van der Waals surface area contributed by atoms with Gasteiger partial charge < -0.3 is 25.5 Å². The lowest BCUT2D eigenvalue weighted by atomic mass is 10.1. The maximum absolute atomic E-state index is 13.9. The Kier molecular flexibility index (Phi) is 6.65. The van der Waals surface area contributed by atoms with Gasteiger partial charge in [-0.05, 0) is 31.5 Å². The molecule has 2 aromatic rings. The quantitative estimate of drug-likeness (QED) is 0.599. The van der Waals surface area contributed by atoms with E-state index < -0.39 is 5.82 Å². The van der Waals surface area contributed by atoms with Crippen LogP contribution in [0.3, 0.4) is 0 Å². The van der Waals surface area contributed by atoms with Gasteiger partial charge in [0, 0.05) is 36.0 Å². The van der Waals surface area contributed by atoms with Crippen molar-refractivity contribution in [1.29, 1.82) is 5.41 Å². The third-order valence-electron chi connectivity index (χ3n) is 5.50. The first-order valence-electron chi connectivity index (χ1n) is 10.6. The Morgan fingerprint density at radius 3 is 2.79 bits per heavy atom. The van der Waals surface area contributed by atoms with Crippen LogP contribution < -0.4 is 10.1 Å². The number of halogens is 2. The summed E-state index contributed by atoms with van der Waals surface area (Å²) >= 11 is 6.19. The number of pyridine rings is 1. The number of nitrogens with one attached hydrogen (secondary N) is 2. The first kappa shape index (κ1) is 23.4. The molecule has 2 aliphatic rings. The van der Waals surface area contributed by atoms with Crippen LogP contribution in [0.4, 0.5) is 4.39 Å². The van der Waals surface area contributed by atoms with Gasteiger partial charge in [-0.3, -0.25) is 4.79 Å². The lowest BCUT2D eigenvalue weighted by molar-refractivity contribution is 0.0799. The molecular formula is C24H23ClFN5O3. The third-order valence-corrected chi connectivity index (χ3v) is 6.06. The third kappa shape index (κ3) is 4.94. The maximum atomic E-state index is 13.9. The molecule has 8 nitrogen and oxygen atoms in total. The summed E-state index contributed by atoms with van der Waals surface area (Å²) in [4.78, 5) is 23.0. The fourth-order valence-electron chi connectivity index (χ4n) is 3.69. The van der Waals surface area contributed by atoms with Crippen LogP contribution in [0, 0.1) is 11.2 Å². The maximum Gasteiger partial charge on any atom is 0.258 e. The van der Waals surface area contributed by atoms with Gasteiger partial charge in [0.1, 0.15) is 17.4 Å². The molecule has 0 radical (unpaired) electrons. The number of hydrogen-bond acceptors (Lipinski definition) is 7. The minimum Gasteiger partial charge on any atom is -0.493 e. The molecule has 0 bridgehead atoms. The number of rotatable bonds is 5. The fourth-order valence-corrected chi connectivity index (χ4v) is 3.78. The van der Waals surface area contributed by atoms with E-state index in [4.69, 9.17) is 21.7 Å². The molecule has 1 aromatic heterocycles. The van der Waals surface area contributed by atoms with Crippen LogP contribution in [0.15, 0.2) is 63.6 Å². The van der Waals surface area contributed by atoms with Gasteiger partial charge in [-0.2, -0.15) is 0 Å². The standard InChI is InChI=1S/C24H23ClFN5O3/c1-13-22(25)14(2)30-23(29-13)18-11-31(12-19(18)27)24(33)17-5-4-16(26)9-20(17)34-8-7-15-3-6-21(32)28-10-15/h3-6,9-10,27,29H,7-8,11-12H2,1-2H3,(H,28,32)/b23-18+,27-19?. The van der Waals surface area contributed by atoms with E-state index in [0.717, 1.165) is 11.3 Å². The number of hydrogen-bond donors (Lipinski definition) is 3. The molecule has 0 unspecified atom stereocenters. The number of ether oxygens (including phenoxy) is 1. The highest BCUT2D eigenvalue weighted by Gasteiger charge is 2.32. The van der Waals surface area contributed by atoms with Gasteiger partial charge in [0.25, 0.3) is 5.91 Å². The predicted molar refractivity (Wildman–Crippen MR) is 127 cm³/mol. The van der Waals surface area contributed by atoms with E-state index in [-0.39, 0.29) is 48.5 Å². The molecule has 10 heteroatoms. The Hall–Kier alpha value is -3.72. The molecule has 176 valence electrons. The molecule has 1 saturated heterocycles. The summed E-state index contributed by atoms with van der Waals surface area (Å²) in [6.45, 7) is 4.06. The van der Waals surface area contributed by atoms with Crippen LogP contribution in [0.25, 0.3) is 0 Å². The Morgan fingerprint density at radius 1 is 1.29 bits per heavy atom. The number of benzene rings is 1. The Balaban J connectivity index is 1.50. The van der Waals surface area contributed by atoms with E-state index in [1.54, 1.807) is 13.0 Å². The van der Waals surface area contributed by atoms with E-state index in [9.17, 15) is 14.3 Å². The van der Waals surface area contributed by atoms with Gasteiger partial charge in [-0.15, -0.1) is 0 Å². The number of amides is 1. The second kappa shape index (κ2) is 9.64. The number of aliphatic imine (C=N–C) groups is 1. The summed E-state index contributed by atoms with van der Waals surface area (Å²) in [5.41, 5.74) is 3.26. The van der Waals surface area contributed by atoms with Crippen molar-refractivity contribution in [3.05, 3.63) is 75.6 Å². The van der Waals surface area contributed by atoms with Gasteiger partial charge in [0.2, 0.25) is 5.88 Å². The first-order valence-corrected chi connectivity index (χ1v) is 11.0. The zero-order chi connectivity index (χ0) is 24.4. The summed E-state index contributed by atoms with van der Waals surface area (Å²) in [5, 5.41) is 21.3. The van der Waals surface area contributed by atoms with Crippen molar-refractivity contribution in [2.45, 2.75) is 20.3 Å². The molecule has 0 aliphatic carbocycles. The van der Waals surface area contributed by atoms with Crippen LogP contribution in [-0.4, -0.2) is 52.0 Å². The number of carbonyl (C=O) groups excluding carboxylic acids is 1. The molecule has 0 spiro atoms. The van der Waals surface area contributed by atoms with E-state index in [1.165, 1.54) is 35.4 Å². The number of aromatic hydroxyl groups is 1. The minimum atomic E-state index is -0.523. The SMILES string of the molecule is CC1=N/C(=C2\CN(C(=O)c3ccc(F)cc3OCCc3ccc(O)nc3)CC2=N)NC(C)=C1Cl. The van der Waals surface area contributed by atoms with E-state index in [0.29, 0.717) is 28.6 Å². The average Bonchev–Trinajstić information content (AvgIpc) is 3.20. The molecule has 34 heavy (non-hydrogen) atoms. The smallest absolute Gasteiger partial charge is 0.258 e. The van der Waals surface area contributed by atoms with Crippen LogP contribution in [-0.2, 0) is 6.42 Å². The highest BCUT2D eigenvalue weighted by Crippen LogP contribution is 2.27. The molecule has 3 N–H and O–H groups in total. The Labute approximate surface area is 200 Å². The van der Waals surface area contributed by atoms with Crippen molar-refractivity contribution in [2.75, 3.05) is 19.7 Å². The number of allylic oxidation sites excluding steroid dienone is 2. The van der Waals surface area contributed by atoms with Crippen molar-refractivity contribution in [2.24, 2.45) is 4.99 Å². The van der Waals surface area contributed by atoms with E-state index in [2.05, 4.69) is 15.3 Å². The molecule has 2 aliphatic heterocycles. The highest BCUT2D eigenvalue weighted by molar-refractivity contribution is 6.43. The van der Waals surface area contributed by atoms with E-state index >= 15 is 0 Å². The van der Waals surface area contributed by atoms with Gasteiger partial charge in [-0.25, -0.2) is 14.4 Å². The summed E-state index contributed by atoms with van der Waals surface area (Å²) in [5.74, 6) is -0.349. The molecule has 1 aromatic carbocycles. The zero-order valence-corrected chi connectivity index (χ0v) is 19.4. The highest BCUT2D eigenvalue weighted by atomic mass is 35.5.